The van der Waals surface area contributed by atoms with E-state index in [1.165, 1.54) is 26.2 Å². The second-order valence-electron chi connectivity index (χ2n) is 10.5. The summed E-state index contributed by atoms with van der Waals surface area (Å²) in [7, 11) is 0. The molecule has 4 fully saturated rings. The van der Waals surface area contributed by atoms with Crippen molar-refractivity contribution in [3.63, 3.8) is 0 Å². The number of H-pyrrole nitrogens is 1. The Hall–Kier alpha value is -2.83. The standard InChI is InChI=1S/C26H32N2O5/c1-15-23(17(3)29)16(2)27-24(15)25(31)33-14-22(30)28(13-21-5-4-6-32-21)26-10-18-7-19(11-26)9-20(8-18)12-26/h4-6,18-20,27H,7-14H2,1-3H3. The van der Waals surface area contributed by atoms with Crippen LogP contribution in [0.3, 0.4) is 0 Å². The molecule has 7 nitrogen and oxygen atoms in total. The highest BCUT2D eigenvalue weighted by Crippen LogP contribution is 2.58. The largest absolute Gasteiger partial charge is 0.467 e. The van der Waals surface area contributed by atoms with Crippen LogP contribution in [0.15, 0.2) is 22.8 Å². The highest BCUT2D eigenvalue weighted by molar-refractivity contribution is 6.01. The molecular formula is C26H32N2O5. The summed E-state index contributed by atoms with van der Waals surface area (Å²) >= 11 is 0. The third kappa shape index (κ3) is 3.91. The maximum atomic E-state index is 13.5. The number of aromatic amines is 1. The Labute approximate surface area is 193 Å². The van der Waals surface area contributed by atoms with Gasteiger partial charge in [0.05, 0.1) is 12.8 Å². The molecule has 0 radical (unpaired) electrons. The summed E-state index contributed by atoms with van der Waals surface area (Å²) in [6.07, 6.45) is 8.53. The molecule has 4 aliphatic carbocycles. The van der Waals surface area contributed by atoms with Gasteiger partial charge in [-0.3, -0.25) is 9.59 Å². The smallest absolute Gasteiger partial charge is 0.355 e. The molecule has 2 aromatic heterocycles. The topological polar surface area (TPSA) is 92.6 Å². The van der Waals surface area contributed by atoms with Crippen molar-refractivity contribution in [3.8, 4) is 0 Å². The molecule has 0 spiro atoms. The van der Waals surface area contributed by atoms with Crippen LogP contribution in [0.4, 0.5) is 0 Å². The lowest BCUT2D eigenvalue weighted by molar-refractivity contribution is -0.156. The quantitative estimate of drug-likeness (QED) is 0.490. The zero-order valence-electron chi connectivity index (χ0n) is 19.6. The summed E-state index contributed by atoms with van der Waals surface area (Å²) in [5, 5.41) is 0. The van der Waals surface area contributed by atoms with Gasteiger partial charge < -0.3 is 19.0 Å². The maximum Gasteiger partial charge on any atom is 0.355 e. The minimum absolute atomic E-state index is 0.109. The van der Waals surface area contributed by atoms with Crippen LogP contribution in [0.5, 0.6) is 0 Å². The van der Waals surface area contributed by atoms with Crippen LogP contribution in [0.2, 0.25) is 0 Å². The number of aryl methyl sites for hydroxylation is 1. The van der Waals surface area contributed by atoms with E-state index >= 15 is 0 Å². The number of Topliss-reactive ketones (excluding diaryl/α,β-unsaturated/α-hetero) is 1. The first-order valence-corrected chi connectivity index (χ1v) is 12.0. The van der Waals surface area contributed by atoms with Gasteiger partial charge in [-0.15, -0.1) is 0 Å². The fourth-order valence-corrected chi connectivity index (χ4v) is 7.23. The van der Waals surface area contributed by atoms with Crippen molar-refractivity contribution in [1.82, 2.24) is 9.88 Å². The molecule has 4 bridgehead atoms. The number of aromatic nitrogens is 1. The van der Waals surface area contributed by atoms with Gasteiger partial charge in [-0.05, 0) is 94.7 Å². The van der Waals surface area contributed by atoms with Crippen molar-refractivity contribution in [2.45, 2.75) is 71.4 Å². The van der Waals surface area contributed by atoms with Crippen LogP contribution >= 0.6 is 0 Å². The van der Waals surface area contributed by atoms with Crippen LogP contribution in [-0.4, -0.2) is 39.7 Å². The Bertz CT molecular complexity index is 1050. The van der Waals surface area contributed by atoms with Gasteiger partial charge in [-0.2, -0.15) is 0 Å². The summed E-state index contributed by atoms with van der Waals surface area (Å²) in [5.74, 6) is 1.88. The van der Waals surface area contributed by atoms with Crippen LogP contribution in [0.1, 0.15) is 83.3 Å². The zero-order chi connectivity index (χ0) is 23.3. The molecule has 6 rings (SSSR count). The minimum atomic E-state index is -0.611. The molecule has 0 unspecified atom stereocenters. The van der Waals surface area contributed by atoms with E-state index in [1.54, 1.807) is 20.1 Å². The van der Waals surface area contributed by atoms with Gasteiger partial charge in [0.15, 0.2) is 12.4 Å². The number of carbonyl (C=O) groups excluding carboxylic acids is 3. The minimum Gasteiger partial charge on any atom is -0.467 e. The predicted molar refractivity (Wildman–Crippen MR) is 121 cm³/mol. The number of ether oxygens (including phenoxy) is 1. The number of carbonyl (C=O) groups is 3. The van der Waals surface area contributed by atoms with Crippen molar-refractivity contribution in [2.24, 2.45) is 17.8 Å². The monoisotopic (exact) mass is 452 g/mol. The zero-order valence-corrected chi connectivity index (χ0v) is 19.6. The molecule has 4 aliphatic rings. The normalized spacial score (nSPS) is 27.5. The lowest BCUT2D eigenvalue weighted by atomic mass is 9.52. The molecule has 7 heteroatoms. The number of esters is 1. The molecule has 1 N–H and O–H groups in total. The van der Waals surface area contributed by atoms with Gasteiger partial charge in [-0.25, -0.2) is 4.79 Å². The van der Waals surface area contributed by atoms with E-state index in [-0.39, 0.29) is 29.5 Å². The van der Waals surface area contributed by atoms with Gasteiger partial charge in [0, 0.05) is 16.8 Å². The molecule has 33 heavy (non-hydrogen) atoms. The number of ketones is 1. The number of hydrogen-bond donors (Lipinski definition) is 1. The van der Waals surface area contributed by atoms with E-state index in [9.17, 15) is 14.4 Å². The van der Waals surface area contributed by atoms with Gasteiger partial charge in [0.2, 0.25) is 0 Å². The van der Waals surface area contributed by atoms with E-state index in [4.69, 9.17) is 9.15 Å². The number of nitrogens with one attached hydrogen (secondary N) is 1. The molecule has 2 heterocycles. The first-order chi connectivity index (χ1) is 15.8. The Morgan fingerprint density at radius 1 is 1.12 bits per heavy atom. The molecule has 0 aliphatic heterocycles. The van der Waals surface area contributed by atoms with Gasteiger partial charge in [0.1, 0.15) is 11.5 Å². The molecule has 176 valence electrons. The van der Waals surface area contributed by atoms with Crippen LogP contribution in [-0.2, 0) is 16.1 Å². The Balaban J connectivity index is 1.35. The average Bonchev–Trinajstić information content (AvgIpc) is 3.36. The van der Waals surface area contributed by atoms with Gasteiger partial charge >= 0.3 is 5.97 Å². The molecular weight excluding hydrogens is 420 g/mol. The van der Waals surface area contributed by atoms with Crippen molar-refractivity contribution < 1.29 is 23.5 Å². The Morgan fingerprint density at radius 3 is 2.27 bits per heavy atom. The van der Waals surface area contributed by atoms with Crippen molar-refractivity contribution in [3.05, 3.63) is 46.7 Å². The molecule has 0 atom stereocenters. The molecule has 0 aromatic carbocycles. The number of nitrogens with zero attached hydrogens (tertiary/aromatic N) is 1. The first-order valence-electron chi connectivity index (χ1n) is 12.0. The highest BCUT2D eigenvalue weighted by Gasteiger charge is 2.54. The van der Waals surface area contributed by atoms with Crippen LogP contribution in [0.25, 0.3) is 0 Å². The van der Waals surface area contributed by atoms with Crippen molar-refractivity contribution in [2.75, 3.05) is 6.61 Å². The number of rotatable bonds is 7. The van der Waals surface area contributed by atoms with Gasteiger partial charge in [0.25, 0.3) is 5.91 Å². The molecule has 4 saturated carbocycles. The van der Waals surface area contributed by atoms with E-state index in [2.05, 4.69) is 4.98 Å². The fourth-order valence-electron chi connectivity index (χ4n) is 7.23. The summed E-state index contributed by atoms with van der Waals surface area (Å²) in [6.45, 7) is 5.01. The SMILES string of the molecule is CC(=O)c1c(C)[nH]c(C(=O)OCC(=O)N(Cc2ccco2)C23CC4CC(CC(C4)C2)C3)c1C. The molecule has 2 aromatic rings. The van der Waals surface area contributed by atoms with Crippen LogP contribution < -0.4 is 0 Å². The van der Waals surface area contributed by atoms with Crippen molar-refractivity contribution in [1.29, 1.82) is 0 Å². The number of amides is 1. The van der Waals surface area contributed by atoms with E-state index < -0.39 is 5.97 Å². The summed E-state index contributed by atoms with van der Waals surface area (Å²) in [5.41, 5.74) is 1.75. The lowest BCUT2D eigenvalue weighted by Crippen LogP contribution is -2.61. The molecule has 1 amide bonds. The predicted octanol–water partition coefficient (Wildman–Crippen LogP) is 4.58. The average molecular weight is 453 g/mol. The Kier molecular flexibility index (Phi) is 5.46. The van der Waals surface area contributed by atoms with Gasteiger partial charge in [-0.1, -0.05) is 0 Å². The third-order valence-corrected chi connectivity index (χ3v) is 8.09. The summed E-state index contributed by atoms with van der Waals surface area (Å²) < 4.78 is 11.1. The molecule has 0 saturated heterocycles. The third-order valence-electron chi connectivity index (χ3n) is 8.09. The number of furan rings is 1. The highest BCUT2D eigenvalue weighted by atomic mass is 16.5. The second-order valence-corrected chi connectivity index (χ2v) is 10.5. The van der Waals surface area contributed by atoms with E-state index in [0.29, 0.717) is 41.1 Å². The summed E-state index contributed by atoms with van der Waals surface area (Å²) in [6, 6.07) is 3.72. The number of hydrogen-bond acceptors (Lipinski definition) is 5. The van der Waals surface area contributed by atoms with Crippen LogP contribution in [0, 0.1) is 31.6 Å². The first kappa shape index (κ1) is 22.0. The Morgan fingerprint density at radius 2 is 1.76 bits per heavy atom. The maximum absolute atomic E-state index is 13.5. The fraction of sp³-hybridized carbons (Fsp3) is 0.577. The lowest BCUT2D eigenvalue weighted by Gasteiger charge is -2.60. The second kappa shape index (κ2) is 8.19. The van der Waals surface area contributed by atoms with E-state index in [0.717, 1.165) is 25.0 Å². The van der Waals surface area contributed by atoms with E-state index in [1.807, 2.05) is 17.0 Å². The van der Waals surface area contributed by atoms with Crippen molar-refractivity contribution >= 4 is 17.7 Å². The summed E-state index contributed by atoms with van der Waals surface area (Å²) in [4.78, 5) is 43.1.